The van der Waals surface area contributed by atoms with E-state index < -0.39 is 0 Å². The number of carbonyl (C=O) groups is 1. The van der Waals surface area contributed by atoms with Gasteiger partial charge in [0.15, 0.2) is 10.8 Å². The first kappa shape index (κ1) is 16.5. The van der Waals surface area contributed by atoms with Crippen molar-refractivity contribution in [3.05, 3.63) is 53.2 Å². The quantitative estimate of drug-likeness (QED) is 0.735. The minimum absolute atomic E-state index is 0.0391. The van der Waals surface area contributed by atoms with Gasteiger partial charge in [-0.15, -0.1) is 10.2 Å². The number of rotatable bonds is 4. The normalized spacial score (nSPS) is 12.3. The molecule has 0 saturated heterocycles. The summed E-state index contributed by atoms with van der Waals surface area (Å²) in [6.07, 6.45) is 1.90. The van der Waals surface area contributed by atoms with Gasteiger partial charge in [0.25, 0.3) is 0 Å². The van der Waals surface area contributed by atoms with Crippen molar-refractivity contribution in [3.8, 4) is 0 Å². The van der Waals surface area contributed by atoms with E-state index in [4.69, 9.17) is 0 Å². The molecule has 1 aromatic carbocycles. The standard InChI is InChI=1S/C18H20N4OS/c1-11-9-12(2)16(13(3)10-11)19-17(23)14(4)24-18-21-20-15-7-5-6-8-22(15)18/h5-10,14H,1-4H3,(H,19,23)/t14-/m0/s1. The third-order valence-electron chi connectivity index (χ3n) is 3.86. The van der Waals surface area contributed by atoms with E-state index in [1.807, 2.05) is 49.6 Å². The number of thioether (sulfide) groups is 1. The average molecular weight is 340 g/mol. The minimum atomic E-state index is -0.280. The number of nitrogens with zero attached hydrogens (tertiary/aromatic N) is 3. The van der Waals surface area contributed by atoms with Gasteiger partial charge in [-0.05, 0) is 51.0 Å². The number of hydrogen-bond acceptors (Lipinski definition) is 4. The number of benzene rings is 1. The number of nitrogens with one attached hydrogen (secondary N) is 1. The van der Waals surface area contributed by atoms with E-state index in [1.165, 1.54) is 17.3 Å². The number of fused-ring (bicyclic) bond motifs is 1. The number of carbonyl (C=O) groups excluding carboxylic acids is 1. The Morgan fingerprint density at radius 3 is 2.58 bits per heavy atom. The molecule has 1 atom stereocenters. The SMILES string of the molecule is Cc1cc(C)c(NC(=O)[C@H](C)Sc2nnc3ccccn23)c(C)c1. The zero-order valence-electron chi connectivity index (χ0n) is 14.2. The Balaban J connectivity index is 1.76. The molecule has 0 saturated carbocycles. The predicted octanol–water partition coefficient (Wildman–Crippen LogP) is 3.77. The van der Waals surface area contributed by atoms with Crippen molar-refractivity contribution in [2.45, 2.75) is 38.1 Å². The van der Waals surface area contributed by atoms with E-state index in [9.17, 15) is 4.79 Å². The topological polar surface area (TPSA) is 59.3 Å². The fourth-order valence-corrected chi connectivity index (χ4v) is 3.55. The molecule has 3 rings (SSSR count). The lowest BCUT2D eigenvalue weighted by atomic mass is 10.1. The van der Waals surface area contributed by atoms with E-state index in [0.29, 0.717) is 5.16 Å². The molecule has 1 amide bonds. The first-order valence-electron chi connectivity index (χ1n) is 7.81. The fraction of sp³-hybridized carbons (Fsp3) is 0.278. The van der Waals surface area contributed by atoms with Gasteiger partial charge in [0.2, 0.25) is 5.91 Å². The monoisotopic (exact) mass is 340 g/mol. The summed E-state index contributed by atoms with van der Waals surface area (Å²) in [6, 6.07) is 9.88. The number of pyridine rings is 1. The van der Waals surface area contributed by atoms with E-state index in [-0.39, 0.29) is 11.2 Å². The Morgan fingerprint density at radius 2 is 1.88 bits per heavy atom. The van der Waals surface area contributed by atoms with Crippen LogP contribution in [0.25, 0.3) is 5.65 Å². The molecule has 1 N–H and O–H groups in total. The third-order valence-corrected chi connectivity index (χ3v) is 4.92. The molecule has 0 aliphatic heterocycles. The second kappa shape index (κ2) is 6.65. The molecule has 0 aliphatic carbocycles. The molecule has 0 radical (unpaired) electrons. The first-order chi connectivity index (χ1) is 11.5. The van der Waals surface area contributed by atoms with Crippen LogP contribution in [0.15, 0.2) is 41.7 Å². The largest absolute Gasteiger partial charge is 0.325 e. The molecule has 24 heavy (non-hydrogen) atoms. The Hall–Kier alpha value is -2.34. The van der Waals surface area contributed by atoms with Crippen LogP contribution in [0, 0.1) is 20.8 Å². The van der Waals surface area contributed by atoms with Crippen molar-refractivity contribution in [2.24, 2.45) is 0 Å². The summed E-state index contributed by atoms with van der Waals surface area (Å²) in [5.74, 6) is -0.0391. The van der Waals surface area contributed by atoms with E-state index in [0.717, 1.165) is 22.5 Å². The number of hydrogen-bond donors (Lipinski definition) is 1. The van der Waals surface area contributed by atoms with Crippen LogP contribution in [0.2, 0.25) is 0 Å². The summed E-state index contributed by atoms with van der Waals surface area (Å²) in [7, 11) is 0. The second-order valence-corrected chi connectivity index (χ2v) is 7.24. The zero-order valence-corrected chi connectivity index (χ0v) is 15.0. The van der Waals surface area contributed by atoms with Crippen LogP contribution in [0.5, 0.6) is 0 Å². The van der Waals surface area contributed by atoms with Crippen LogP contribution in [0.4, 0.5) is 5.69 Å². The molecule has 0 aliphatic rings. The van der Waals surface area contributed by atoms with Crippen molar-refractivity contribution in [3.63, 3.8) is 0 Å². The van der Waals surface area contributed by atoms with Gasteiger partial charge in [-0.2, -0.15) is 0 Å². The highest BCUT2D eigenvalue weighted by atomic mass is 32.2. The van der Waals surface area contributed by atoms with E-state index >= 15 is 0 Å². The molecule has 0 bridgehead atoms. The highest BCUT2D eigenvalue weighted by Crippen LogP contribution is 2.26. The van der Waals surface area contributed by atoms with Crippen molar-refractivity contribution >= 4 is 29.0 Å². The van der Waals surface area contributed by atoms with Gasteiger partial charge in [0, 0.05) is 11.9 Å². The molecular weight excluding hydrogens is 320 g/mol. The van der Waals surface area contributed by atoms with Crippen molar-refractivity contribution in [2.75, 3.05) is 5.32 Å². The van der Waals surface area contributed by atoms with Crippen LogP contribution in [-0.4, -0.2) is 25.8 Å². The van der Waals surface area contributed by atoms with Crippen molar-refractivity contribution in [1.82, 2.24) is 14.6 Å². The third kappa shape index (κ3) is 3.28. The molecule has 3 aromatic rings. The maximum absolute atomic E-state index is 12.6. The molecule has 2 aromatic heterocycles. The lowest BCUT2D eigenvalue weighted by Gasteiger charge is -2.15. The molecule has 6 heteroatoms. The maximum Gasteiger partial charge on any atom is 0.237 e. The summed E-state index contributed by atoms with van der Waals surface area (Å²) in [5.41, 5.74) is 5.01. The second-order valence-electron chi connectivity index (χ2n) is 5.93. The number of aromatic nitrogens is 3. The van der Waals surface area contributed by atoms with Crippen LogP contribution in [-0.2, 0) is 4.79 Å². The Kier molecular flexibility index (Phi) is 4.57. The lowest BCUT2D eigenvalue weighted by Crippen LogP contribution is -2.23. The van der Waals surface area contributed by atoms with Gasteiger partial charge in [-0.25, -0.2) is 0 Å². The summed E-state index contributed by atoms with van der Waals surface area (Å²) in [5, 5.41) is 11.8. The predicted molar refractivity (Wildman–Crippen MR) is 97.6 cm³/mol. The fourth-order valence-electron chi connectivity index (χ4n) is 2.71. The van der Waals surface area contributed by atoms with Gasteiger partial charge in [-0.1, -0.05) is 35.5 Å². The molecule has 124 valence electrons. The van der Waals surface area contributed by atoms with Crippen LogP contribution in [0.1, 0.15) is 23.6 Å². The summed E-state index contributed by atoms with van der Waals surface area (Å²) in [6.45, 7) is 7.96. The van der Waals surface area contributed by atoms with Crippen LogP contribution < -0.4 is 5.32 Å². The maximum atomic E-state index is 12.6. The van der Waals surface area contributed by atoms with E-state index in [1.54, 1.807) is 0 Å². The number of aryl methyl sites for hydroxylation is 3. The van der Waals surface area contributed by atoms with Gasteiger partial charge in [0.05, 0.1) is 5.25 Å². The molecule has 0 fully saturated rings. The minimum Gasteiger partial charge on any atom is -0.325 e. The van der Waals surface area contributed by atoms with Gasteiger partial charge in [0.1, 0.15) is 0 Å². The lowest BCUT2D eigenvalue weighted by molar-refractivity contribution is -0.115. The molecule has 0 spiro atoms. The van der Waals surface area contributed by atoms with Gasteiger partial charge < -0.3 is 5.32 Å². The summed E-state index contributed by atoms with van der Waals surface area (Å²) >= 11 is 1.40. The molecular formula is C18H20N4OS. The van der Waals surface area contributed by atoms with E-state index in [2.05, 4.69) is 34.6 Å². The average Bonchev–Trinajstić information content (AvgIpc) is 2.94. The van der Waals surface area contributed by atoms with Gasteiger partial charge >= 0.3 is 0 Å². The summed E-state index contributed by atoms with van der Waals surface area (Å²) < 4.78 is 1.89. The molecule has 0 unspecified atom stereocenters. The van der Waals surface area contributed by atoms with Gasteiger partial charge in [-0.3, -0.25) is 9.20 Å². The Bertz CT molecular complexity index is 880. The highest BCUT2D eigenvalue weighted by molar-refractivity contribution is 8.00. The number of amides is 1. The van der Waals surface area contributed by atoms with Crippen molar-refractivity contribution in [1.29, 1.82) is 0 Å². The Morgan fingerprint density at radius 1 is 1.17 bits per heavy atom. The molecule has 2 heterocycles. The molecule has 5 nitrogen and oxygen atoms in total. The summed E-state index contributed by atoms with van der Waals surface area (Å²) in [4.78, 5) is 12.6. The smallest absolute Gasteiger partial charge is 0.237 e. The first-order valence-corrected chi connectivity index (χ1v) is 8.69. The van der Waals surface area contributed by atoms with Crippen LogP contribution >= 0.6 is 11.8 Å². The number of anilines is 1. The van der Waals surface area contributed by atoms with Crippen molar-refractivity contribution < 1.29 is 4.79 Å². The highest BCUT2D eigenvalue weighted by Gasteiger charge is 2.19. The Labute approximate surface area is 145 Å². The van der Waals surface area contributed by atoms with Crippen LogP contribution in [0.3, 0.4) is 0 Å². The zero-order chi connectivity index (χ0) is 17.3.